The highest BCUT2D eigenvalue weighted by Crippen LogP contribution is 2.42. The Bertz CT molecular complexity index is 3470. The van der Waals surface area contributed by atoms with Crippen molar-refractivity contribution in [3.8, 4) is 39.3 Å². The normalized spacial score (nSPS) is 11.7. The maximum absolute atomic E-state index is 6.58. The monoisotopic (exact) mass is 768 g/mol. The molecule has 282 valence electrons. The van der Waals surface area contributed by atoms with E-state index in [-0.39, 0.29) is 0 Å². The Balaban J connectivity index is 0.906. The molecule has 0 fully saturated rings. The van der Waals surface area contributed by atoms with Crippen LogP contribution in [0.15, 0.2) is 227 Å². The van der Waals surface area contributed by atoms with Crippen LogP contribution in [0.25, 0.3) is 94.0 Å². The largest absolute Gasteiger partial charge is 0.456 e. The lowest BCUT2D eigenvalue weighted by atomic mass is 10.0. The first-order valence-corrected chi connectivity index (χ1v) is 20.3. The molecule has 0 unspecified atom stereocenters. The lowest BCUT2D eigenvalue weighted by Crippen LogP contribution is -2.09. The zero-order chi connectivity index (χ0) is 39.6. The van der Waals surface area contributed by atoms with Crippen molar-refractivity contribution in [2.45, 2.75) is 0 Å². The number of benzene rings is 9. The van der Waals surface area contributed by atoms with E-state index in [1.807, 2.05) is 24.3 Å². The van der Waals surface area contributed by atoms with Gasteiger partial charge in [-0.1, -0.05) is 127 Å². The van der Waals surface area contributed by atoms with Crippen molar-refractivity contribution in [2.75, 3.05) is 4.90 Å². The highest BCUT2D eigenvalue weighted by atomic mass is 16.3. The molecule has 0 atom stereocenters. The van der Waals surface area contributed by atoms with E-state index >= 15 is 0 Å². The van der Waals surface area contributed by atoms with E-state index in [1.165, 1.54) is 21.9 Å². The van der Waals surface area contributed by atoms with Gasteiger partial charge in [-0.2, -0.15) is 0 Å². The summed E-state index contributed by atoms with van der Waals surface area (Å²) in [5.41, 5.74) is 14.9. The van der Waals surface area contributed by atoms with Gasteiger partial charge in [-0.05, 0) is 113 Å². The summed E-state index contributed by atoms with van der Waals surface area (Å²) >= 11 is 0. The molecule has 0 spiro atoms. The molecule has 12 aromatic rings. The number of fused-ring (bicyclic) bond motifs is 8. The number of hydrogen-bond acceptors (Lipinski definition) is 3. The Morgan fingerprint density at radius 2 is 0.867 bits per heavy atom. The van der Waals surface area contributed by atoms with E-state index in [2.05, 4.69) is 204 Å². The molecular formula is C56H36N2O2. The van der Waals surface area contributed by atoms with Crippen LogP contribution in [0.2, 0.25) is 0 Å². The number of rotatable bonds is 7. The fourth-order valence-corrected chi connectivity index (χ4v) is 8.88. The molecule has 0 N–H and O–H groups in total. The van der Waals surface area contributed by atoms with Gasteiger partial charge in [-0.25, -0.2) is 0 Å². The molecule has 4 nitrogen and oxygen atoms in total. The minimum absolute atomic E-state index is 0.859. The van der Waals surface area contributed by atoms with E-state index in [9.17, 15) is 0 Å². The SMILES string of the molecule is c1ccc(-c2ccc(N(c3ccc(-c4ccc(-n5c6ccccc6c6ccc7c8ccccc8oc7c65)cc4)cc3)c3ccc(-c4cc5ccccc5o4)cc3)cc2)cc1. The van der Waals surface area contributed by atoms with Gasteiger partial charge in [0.15, 0.2) is 5.58 Å². The van der Waals surface area contributed by atoms with E-state index < -0.39 is 0 Å². The van der Waals surface area contributed by atoms with Crippen LogP contribution in [0, 0.1) is 0 Å². The molecular weight excluding hydrogens is 733 g/mol. The summed E-state index contributed by atoms with van der Waals surface area (Å²) in [6.45, 7) is 0. The number of nitrogens with zero attached hydrogens (tertiary/aromatic N) is 2. The molecule has 60 heavy (non-hydrogen) atoms. The average molecular weight is 769 g/mol. The maximum atomic E-state index is 6.58. The van der Waals surface area contributed by atoms with Gasteiger partial charge in [0.25, 0.3) is 0 Å². The van der Waals surface area contributed by atoms with Gasteiger partial charge in [0.1, 0.15) is 16.9 Å². The zero-order valence-corrected chi connectivity index (χ0v) is 32.5. The molecule has 0 aliphatic heterocycles. The van der Waals surface area contributed by atoms with Gasteiger partial charge in [-0.15, -0.1) is 0 Å². The molecule has 0 bridgehead atoms. The summed E-state index contributed by atoms with van der Waals surface area (Å²) in [7, 11) is 0. The summed E-state index contributed by atoms with van der Waals surface area (Å²) in [6.07, 6.45) is 0. The Kier molecular flexibility index (Phi) is 7.82. The zero-order valence-electron chi connectivity index (χ0n) is 32.5. The second kappa shape index (κ2) is 13.8. The molecule has 0 aliphatic rings. The molecule has 0 radical (unpaired) electrons. The minimum atomic E-state index is 0.859. The third kappa shape index (κ3) is 5.61. The van der Waals surface area contributed by atoms with E-state index in [1.54, 1.807) is 0 Å². The van der Waals surface area contributed by atoms with E-state index in [0.717, 1.165) is 89.1 Å². The van der Waals surface area contributed by atoms with E-state index in [0.29, 0.717) is 0 Å². The van der Waals surface area contributed by atoms with Crippen LogP contribution in [0.3, 0.4) is 0 Å². The van der Waals surface area contributed by atoms with Crippen molar-refractivity contribution in [3.05, 3.63) is 218 Å². The highest BCUT2D eigenvalue weighted by Gasteiger charge is 2.19. The summed E-state index contributed by atoms with van der Waals surface area (Å²) in [6, 6.07) is 77.3. The van der Waals surface area contributed by atoms with Crippen molar-refractivity contribution in [1.82, 2.24) is 4.57 Å². The van der Waals surface area contributed by atoms with Gasteiger partial charge in [0.2, 0.25) is 0 Å². The number of furan rings is 2. The standard InChI is InChI=1S/C56H36N2O2/c1-2-10-37(11-3-1)38-18-26-43(27-19-38)57(45-32-24-41(25-33-45)54-36-42-12-4-8-16-52(42)59-54)44-28-20-39(21-29-44)40-22-30-46(31-23-40)58-51-15-7-5-13-47(51)49-34-35-50-48-14-6-9-17-53(48)60-56(50)55(49)58/h1-36H. The molecule has 12 rings (SSSR count). The Morgan fingerprint density at radius 3 is 1.53 bits per heavy atom. The minimum Gasteiger partial charge on any atom is -0.456 e. The lowest BCUT2D eigenvalue weighted by Gasteiger charge is -2.26. The highest BCUT2D eigenvalue weighted by molar-refractivity contribution is 6.21. The van der Waals surface area contributed by atoms with Crippen LogP contribution >= 0.6 is 0 Å². The fourth-order valence-electron chi connectivity index (χ4n) is 8.88. The van der Waals surface area contributed by atoms with Crippen molar-refractivity contribution in [1.29, 1.82) is 0 Å². The second-order valence-corrected chi connectivity index (χ2v) is 15.3. The molecule has 0 amide bonds. The van der Waals surface area contributed by atoms with Crippen molar-refractivity contribution < 1.29 is 8.83 Å². The third-order valence-electron chi connectivity index (χ3n) is 11.8. The number of aromatic nitrogens is 1. The van der Waals surface area contributed by atoms with Crippen LogP contribution < -0.4 is 4.90 Å². The van der Waals surface area contributed by atoms with Gasteiger partial charge in [0.05, 0.1) is 11.0 Å². The molecule has 3 aromatic heterocycles. The molecule has 9 aromatic carbocycles. The first-order chi connectivity index (χ1) is 29.7. The molecule has 0 aliphatic carbocycles. The molecule has 3 heterocycles. The third-order valence-corrected chi connectivity index (χ3v) is 11.8. The first kappa shape index (κ1) is 34.0. The van der Waals surface area contributed by atoms with Crippen LogP contribution in [0.1, 0.15) is 0 Å². The molecule has 4 heteroatoms. The second-order valence-electron chi connectivity index (χ2n) is 15.3. The summed E-state index contributed by atoms with van der Waals surface area (Å²) < 4.78 is 15.1. The summed E-state index contributed by atoms with van der Waals surface area (Å²) in [4.78, 5) is 2.31. The number of hydrogen-bond donors (Lipinski definition) is 0. The average Bonchev–Trinajstić information content (AvgIpc) is 4.03. The van der Waals surface area contributed by atoms with Crippen molar-refractivity contribution in [3.63, 3.8) is 0 Å². The van der Waals surface area contributed by atoms with Crippen LogP contribution in [0.5, 0.6) is 0 Å². The fraction of sp³-hybridized carbons (Fsp3) is 0. The van der Waals surface area contributed by atoms with Gasteiger partial charge in [0, 0.05) is 55.2 Å². The molecule has 0 saturated heterocycles. The van der Waals surface area contributed by atoms with Crippen LogP contribution in [-0.2, 0) is 0 Å². The Labute approximate surface area is 346 Å². The van der Waals surface area contributed by atoms with Gasteiger partial charge >= 0.3 is 0 Å². The first-order valence-electron chi connectivity index (χ1n) is 20.3. The van der Waals surface area contributed by atoms with E-state index in [4.69, 9.17) is 8.83 Å². The smallest absolute Gasteiger partial charge is 0.160 e. The summed E-state index contributed by atoms with van der Waals surface area (Å²) in [5, 5.41) is 5.75. The topological polar surface area (TPSA) is 34.5 Å². The van der Waals surface area contributed by atoms with Gasteiger partial charge < -0.3 is 18.3 Å². The van der Waals surface area contributed by atoms with Gasteiger partial charge in [-0.3, -0.25) is 0 Å². The lowest BCUT2D eigenvalue weighted by molar-refractivity contribution is 0.631. The number of anilines is 3. The van der Waals surface area contributed by atoms with Crippen molar-refractivity contribution in [2.24, 2.45) is 0 Å². The predicted molar refractivity (Wildman–Crippen MR) is 249 cm³/mol. The van der Waals surface area contributed by atoms with Crippen LogP contribution in [-0.4, -0.2) is 4.57 Å². The Hall–Kier alpha value is -8.08. The maximum Gasteiger partial charge on any atom is 0.160 e. The number of para-hydroxylation sites is 3. The van der Waals surface area contributed by atoms with Crippen molar-refractivity contribution >= 4 is 71.8 Å². The quantitative estimate of drug-likeness (QED) is 0.162. The summed E-state index contributed by atoms with van der Waals surface area (Å²) in [5.74, 6) is 0.859. The Morgan fingerprint density at radius 1 is 0.350 bits per heavy atom. The molecule has 0 saturated carbocycles. The predicted octanol–water partition coefficient (Wildman–Crippen LogP) is 15.9. The van der Waals surface area contributed by atoms with Crippen LogP contribution in [0.4, 0.5) is 17.1 Å².